The fraction of sp³-hybridized carbons (Fsp3) is 0.100. The summed E-state index contributed by atoms with van der Waals surface area (Å²) in [5, 5.41) is 3.29. The Morgan fingerprint density at radius 1 is 1.31 bits per heavy atom. The Hall–Kier alpha value is -0.970. The third-order valence-corrected chi connectivity index (χ3v) is 3.30. The summed E-state index contributed by atoms with van der Waals surface area (Å²) >= 11 is 13.6. The van der Waals surface area contributed by atoms with Gasteiger partial charge in [0.05, 0.1) is 22.8 Å². The SMILES string of the molecule is COc1cc(Cl)c(-c2csc(N)n2)c(Cl)c1. The number of nitrogen functional groups attached to an aromatic ring is 1. The normalized spacial score (nSPS) is 10.4. The fourth-order valence-corrected chi connectivity index (χ4v) is 2.53. The van der Waals surface area contributed by atoms with Crippen molar-refractivity contribution < 1.29 is 4.74 Å². The lowest BCUT2D eigenvalue weighted by Gasteiger charge is -2.07. The molecule has 6 heteroatoms. The molecule has 2 N–H and O–H groups in total. The molecule has 0 saturated carbocycles. The number of ether oxygens (including phenoxy) is 1. The van der Waals surface area contributed by atoms with Gasteiger partial charge in [-0.2, -0.15) is 0 Å². The number of hydrogen-bond donors (Lipinski definition) is 1. The molecule has 0 bridgehead atoms. The van der Waals surface area contributed by atoms with Crippen molar-refractivity contribution in [1.82, 2.24) is 4.98 Å². The molecule has 0 unspecified atom stereocenters. The van der Waals surface area contributed by atoms with Gasteiger partial charge in [-0.25, -0.2) is 4.98 Å². The van der Waals surface area contributed by atoms with Gasteiger partial charge in [-0.15, -0.1) is 11.3 Å². The lowest BCUT2D eigenvalue weighted by atomic mass is 10.1. The average molecular weight is 275 g/mol. The van der Waals surface area contributed by atoms with Gasteiger partial charge in [0.15, 0.2) is 5.13 Å². The minimum atomic E-state index is 0.484. The van der Waals surface area contributed by atoms with Crippen LogP contribution < -0.4 is 10.5 Å². The molecule has 0 amide bonds. The second-order valence-electron chi connectivity index (χ2n) is 3.04. The maximum atomic E-state index is 6.12. The number of anilines is 1. The highest BCUT2D eigenvalue weighted by Crippen LogP contribution is 2.38. The molecule has 2 rings (SSSR count). The van der Waals surface area contributed by atoms with E-state index in [0.717, 1.165) is 0 Å². The number of benzene rings is 1. The Labute approximate surface area is 107 Å². The van der Waals surface area contributed by atoms with Crippen LogP contribution in [0.4, 0.5) is 5.13 Å². The summed E-state index contributed by atoms with van der Waals surface area (Å²) in [6.45, 7) is 0. The monoisotopic (exact) mass is 274 g/mol. The maximum absolute atomic E-state index is 6.12. The summed E-state index contributed by atoms with van der Waals surface area (Å²) in [6, 6.07) is 3.39. The molecular formula is C10H8Cl2N2OS. The molecule has 0 aliphatic heterocycles. The molecule has 84 valence electrons. The molecule has 0 spiro atoms. The second kappa shape index (κ2) is 4.49. The molecule has 0 fully saturated rings. The van der Waals surface area contributed by atoms with E-state index in [0.29, 0.717) is 32.2 Å². The zero-order valence-corrected chi connectivity index (χ0v) is 10.7. The summed E-state index contributed by atoms with van der Waals surface area (Å²) in [7, 11) is 1.56. The molecule has 1 heterocycles. The Kier molecular flexibility index (Phi) is 3.23. The summed E-state index contributed by atoms with van der Waals surface area (Å²) in [6.07, 6.45) is 0. The van der Waals surface area contributed by atoms with Crippen molar-refractivity contribution >= 4 is 39.7 Å². The van der Waals surface area contributed by atoms with E-state index < -0.39 is 0 Å². The van der Waals surface area contributed by atoms with Gasteiger partial charge in [0.2, 0.25) is 0 Å². The number of halogens is 2. The van der Waals surface area contributed by atoms with Gasteiger partial charge in [-0.05, 0) is 12.1 Å². The molecule has 3 nitrogen and oxygen atoms in total. The highest BCUT2D eigenvalue weighted by molar-refractivity contribution is 7.13. The van der Waals surface area contributed by atoms with Crippen LogP contribution in [0.15, 0.2) is 17.5 Å². The molecule has 0 atom stereocenters. The highest BCUT2D eigenvalue weighted by Gasteiger charge is 2.13. The van der Waals surface area contributed by atoms with E-state index in [1.54, 1.807) is 19.2 Å². The van der Waals surface area contributed by atoms with Crippen molar-refractivity contribution in [3.63, 3.8) is 0 Å². The number of methoxy groups -OCH3 is 1. The third kappa shape index (κ3) is 2.09. The highest BCUT2D eigenvalue weighted by atomic mass is 35.5. The van der Waals surface area contributed by atoms with Crippen molar-refractivity contribution in [2.24, 2.45) is 0 Å². The molecule has 0 saturated heterocycles. The van der Waals surface area contributed by atoms with Crippen LogP contribution >= 0.6 is 34.5 Å². The van der Waals surface area contributed by atoms with E-state index >= 15 is 0 Å². The molecule has 1 aromatic carbocycles. The van der Waals surface area contributed by atoms with Crippen LogP contribution in [0.5, 0.6) is 5.75 Å². The molecule has 0 aliphatic rings. The molecule has 0 aliphatic carbocycles. The quantitative estimate of drug-likeness (QED) is 0.908. The lowest BCUT2D eigenvalue weighted by Crippen LogP contribution is -1.88. The Balaban J connectivity index is 2.57. The predicted octanol–water partition coefficient (Wildman–Crippen LogP) is 3.71. The van der Waals surface area contributed by atoms with E-state index in [4.69, 9.17) is 33.7 Å². The number of nitrogens with zero attached hydrogens (tertiary/aromatic N) is 1. The van der Waals surface area contributed by atoms with Gasteiger partial charge in [-0.3, -0.25) is 0 Å². The van der Waals surface area contributed by atoms with E-state index in [-0.39, 0.29) is 0 Å². The average Bonchev–Trinajstić information content (AvgIpc) is 2.63. The minimum Gasteiger partial charge on any atom is -0.497 e. The second-order valence-corrected chi connectivity index (χ2v) is 4.74. The Bertz CT molecular complexity index is 504. The Morgan fingerprint density at radius 3 is 2.38 bits per heavy atom. The minimum absolute atomic E-state index is 0.484. The smallest absolute Gasteiger partial charge is 0.180 e. The Morgan fingerprint density at radius 2 is 1.94 bits per heavy atom. The molecular weight excluding hydrogens is 267 g/mol. The van der Waals surface area contributed by atoms with Crippen LogP contribution in [0.2, 0.25) is 10.0 Å². The van der Waals surface area contributed by atoms with E-state index in [9.17, 15) is 0 Å². The van der Waals surface area contributed by atoms with Crippen LogP contribution in [0.1, 0.15) is 0 Å². The maximum Gasteiger partial charge on any atom is 0.180 e. The van der Waals surface area contributed by atoms with Gasteiger partial charge >= 0.3 is 0 Å². The number of aromatic nitrogens is 1. The molecule has 2 aromatic rings. The zero-order chi connectivity index (χ0) is 11.7. The molecule has 0 radical (unpaired) electrons. The van der Waals surface area contributed by atoms with Crippen LogP contribution in [-0.2, 0) is 0 Å². The van der Waals surface area contributed by atoms with Gasteiger partial charge < -0.3 is 10.5 Å². The fourth-order valence-electron chi connectivity index (χ4n) is 1.31. The molecule has 16 heavy (non-hydrogen) atoms. The van der Waals surface area contributed by atoms with Crippen LogP contribution in [0.25, 0.3) is 11.3 Å². The van der Waals surface area contributed by atoms with E-state index in [1.807, 2.05) is 5.38 Å². The van der Waals surface area contributed by atoms with Crippen LogP contribution in [0, 0.1) is 0 Å². The number of hydrogen-bond acceptors (Lipinski definition) is 4. The van der Waals surface area contributed by atoms with Crippen molar-refractivity contribution in [2.75, 3.05) is 12.8 Å². The number of nitrogens with two attached hydrogens (primary N) is 1. The van der Waals surface area contributed by atoms with Crippen LogP contribution in [-0.4, -0.2) is 12.1 Å². The van der Waals surface area contributed by atoms with Crippen LogP contribution in [0.3, 0.4) is 0 Å². The topological polar surface area (TPSA) is 48.1 Å². The standard InChI is InChI=1S/C10H8Cl2N2OS/c1-15-5-2-6(11)9(7(12)3-5)8-4-16-10(13)14-8/h2-4H,1H3,(H2,13,14). The van der Waals surface area contributed by atoms with Gasteiger partial charge in [0.25, 0.3) is 0 Å². The van der Waals surface area contributed by atoms with Gasteiger partial charge in [-0.1, -0.05) is 23.2 Å². The number of thiazole rings is 1. The lowest BCUT2D eigenvalue weighted by molar-refractivity contribution is 0.415. The van der Waals surface area contributed by atoms with Crippen molar-refractivity contribution in [2.45, 2.75) is 0 Å². The molecule has 1 aromatic heterocycles. The summed E-state index contributed by atoms with van der Waals surface area (Å²) in [4.78, 5) is 4.14. The van der Waals surface area contributed by atoms with Gasteiger partial charge in [0, 0.05) is 10.9 Å². The first kappa shape index (κ1) is 11.5. The summed E-state index contributed by atoms with van der Waals surface area (Å²) in [5.74, 6) is 0.613. The van der Waals surface area contributed by atoms with Crippen molar-refractivity contribution in [3.8, 4) is 17.0 Å². The zero-order valence-electron chi connectivity index (χ0n) is 8.33. The van der Waals surface area contributed by atoms with E-state index in [2.05, 4.69) is 4.98 Å². The third-order valence-electron chi connectivity index (χ3n) is 2.03. The first-order chi connectivity index (χ1) is 7.61. The van der Waals surface area contributed by atoms with Crippen molar-refractivity contribution in [1.29, 1.82) is 0 Å². The summed E-state index contributed by atoms with van der Waals surface area (Å²) in [5.41, 5.74) is 6.93. The first-order valence-electron chi connectivity index (χ1n) is 4.36. The van der Waals surface area contributed by atoms with E-state index in [1.165, 1.54) is 11.3 Å². The predicted molar refractivity (Wildman–Crippen MR) is 68.5 cm³/mol. The summed E-state index contributed by atoms with van der Waals surface area (Å²) < 4.78 is 5.06. The largest absolute Gasteiger partial charge is 0.497 e. The first-order valence-corrected chi connectivity index (χ1v) is 6.00. The van der Waals surface area contributed by atoms with Crippen molar-refractivity contribution in [3.05, 3.63) is 27.6 Å². The number of rotatable bonds is 2. The van der Waals surface area contributed by atoms with Gasteiger partial charge in [0.1, 0.15) is 5.75 Å².